The molecule has 0 rings (SSSR count). The monoisotopic (exact) mass is 247 g/mol. The molecule has 0 spiro atoms. The van der Waals surface area contributed by atoms with Gasteiger partial charge in [-0.1, -0.05) is 42.0 Å². The Balaban J connectivity index is 4.96. The molecule has 0 aliphatic carbocycles. The predicted molar refractivity (Wildman–Crippen MR) is 74.6 cm³/mol. The van der Waals surface area contributed by atoms with E-state index in [0.717, 1.165) is 0 Å². The van der Waals surface area contributed by atoms with Crippen LogP contribution in [-0.2, 0) is 0 Å². The molecule has 0 aromatic carbocycles. The highest BCUT2D eigenvalue weighted by molar-refractivity contribution is 7.57. The Hall–Kier alpha value is 0.350. The van der Waals surface area contributed by atoms with Gasteiger partial charge < -0.3 is 5.21 Å². The van der Waals surface area contributed by atoms with E-state index in [-0.39, 0.29) is 24.7 Å². The highest BCUT2D eigenvalue weighted by Crippen LogP contribution is 2.49. The molecule has 1 N–H and O–H groups in total. The fourth-order valence-electron chi connectivity index (χ4n) is 2.06. The highest BCUT2D eigenvalue weighted by atomic mass is 31.1. The van der Waals surface area contributed by atoms with Crippen molar-refractivity contribution in [1.82, 2.24) is 5.06 Å². The molecule has 0 aromatic heterocycles. The summed E-state index contributed by atoms with van der Waals surface area (Å²) in [6, 6.07) is 0. The Labute approximate surface area is 103 Å². The van der Waals surface area contributed by atoms with E-state index < -0.39 is 0 Å². The van der Waals surface area contributed by atoms with Crippen molar-refractivity contribution in [3.8, 4) is 0 Å². The van der Waals surface area contributed by atoms with Crippen molar-refractivity contribution in [3.63, 3.8) is 0 Å². The topological polar surface area (TPSA) is 23.5 Å². The molecular formula is C13H30NOP. The third-order valence-corrected chi connectivity index (χ3v) is 5.67. The lowest BCUT2D eigenvalue weighted by molar-refractivity contribution is -0.184. The molecule has 3 heteroatoms. The summed E-state index contributed by atoms with van der Waals surface area (Å²) >= 11 is 0. The summed E-state index contributed by atoms with van der Waals surface area (Å²) in [6.45, 7) is 17.4. The molecule has 0 bridgehead atoms. The lowest BCUT2D eigenvalue weighted by atomic mass is 9.94. The second-order valence-electron chi connectivity index (χ2n) is 6.74. The fraction of sp³-hybridized carbons (Fsp3) is 1.00. The van der Waals surface area contributed by atoms with Crippen LogP contribution in [-0.4, -0.2) is 34.4 Å². The van der Waals surface area contributed by atoms with Crippen LogP contribution in [0.15, 0.2) is 0 Å². The maximum Gasteiger partial charge on any atom is 0.0597 e. The molecule has 0 radical (unpaired) electrons. The highest BCUT2D eigenvalue weighted by Gasteiger charge is 2.38. The van der Waals surface area contributed by atoms with Gasteiger partial charge in [-0.05, 0) is 39.0 Å². The van der Waals surface area contributed by atoms with Crippen LogP contribution < -0.4 is 0 Å². The van der Waals surface area contributed by atoms with E-state index in [1.54, 1.807) is 5.06 Å². The molecule has 0 aliphatic heterocycles. The van der Waals surface area contributed by atoms with Gasteiger partial charge in [-0.3, -0.25) is 0 Å². The van der Waals surface area contributed by atoms with Crippen molar-refractivity contribution < 1.29 is 5.21 Å². The first-order valence-corrected chi connectivity index (χ1v) is 8.24. The zero-order valence-corrected chi connectivity index (χ0v) is 13.2. The first-order valence-electron chi connectivity index (χ1n) is 6.20. The van der Waals surface area contributed by atoms with Crippen molar-refractivity contribution in [3.05, 3.63) is 0 Å². The van der Waals surface area contributed by atoms with E-state index >= 15 is 0 Å². The Morgan fingerprint density at radius 3 is 1.81 bits per heavy atom. The van der Waals surface area contributed by atoms with Gasteiger partial charge in [0.05, 0.1) is 5.78 Å². The van der Waals surface area contributed by atoms with Gasteiger partial charge >= 0.3 is 0 Å². The largest absolute Gasteiger partial charge is 0.313 e. The first-order chi connectivity index (χ1) is 7.01. The molecule has 0 heterocycles. The second kappa shape index (κ2) is 5.80. The summed E-state index contributed by atoms with van der Waals surface area (Å²) in [5.74, 6) is 0.266. The Morgan fingerprint density at radius 2 is 1.56 bits per heavy atom. The number of hydroxylamine groups is 2. The van der Waals surface area contributed by atoms with Gasteiger partial charge in [0, 0.05) is 5.54 Å². The lowest BCUT2D eigenvalue weighted by Crippen LogP contribution is -2.50. The molecule has 98 valence electrons. The lowest BCUT2D eigenvalue weighted by Gasteiger charge is -2.46. The maximum atomic E-state index is 10.4. The van der Waals surface area contributed by atoms with Crippen LogP contribution in [0.1, 0.15) is 54.9 Å². The first kappa shape index (κ1) is 16.4. The zero-order valence-electron chi connectivity index (χ0n) is 12.3. The standard InChI is InChI=1S/C13H30NOP/c1-9-10-16(8)11(12(2,3)4)14(15)13(5,6)7/h11,15H,9-10H2,1-8H3. The fourth-order valence-corrected chi connectivity index (χ4v) is 5.05. The Kier molecular flexibility index (Phi) is 5.92. The number of rotatable bonds is 4. The quantitative estimate of drug-likeness (QED) is 0.589. The summed E-state index contributed by atoms with van der Waals surface area (Å²) in [4.78, 5) is 0. The van der Waals surface area contributed by atoms with Crippen LogP contribution in [0.2, 0.25) is 0 Å². The second-order valence-corrected chi connectivity index (χ2v) is 9.19. The van der Waals surface area contributed by atoms with E-state index in [1.165, 1.54) is 12.6 Å². The van der Waals surface area contributed by atoms with Crippen LogP contribution in [0.25, 0.3) is 0 Å². The summed E-state index contributed by atoms with van der Waals surface area (Å²) < 4.78 is 0. The molecule has 0 aliphatic rings. The molecule has 0 fully saturated rings. The van der Waals surface area contributed by atoms with Crippen molar-refractivity contribution in [2.45, 2.75) is 66.2 Å². The summed E-state index contributed by atoms with van der Waals surface area (Å²) in [7, 11) is -0.160. The average Bonchev–Trinajstić information content (AvgIpc) is 1.99. The molecule has 0 saturated heterocycles. The van der Waals surface area contributed by atoms with E-state index in [2.05, 4.69) is 55.1 Å². The van der Waals surface area contributed by atoms with Crippen LogP contribution in [0.4, 0.5) is 0 Å². The molecule has 0 saturated carbocycles. The zero-order chi connectivity index (χ0) is 13.1. The van der Waals surface area contributed by atoms with Gasteiger partial charge in [0.25, 0.3) is 0 Å². The van der Waals surface area contributed by atoms with Gasteiger partial charge in [-0.15, -0.1) is 0 Å². The Morgan fingerprint density at radius 1 is 1.12 bits per heavy atom. The van der Waals surface area contributed by atoms with Crippen molar-refractivity contribution in [2.75, 3.05) is 12.8 Å². The van der Waals surface area contributed by atoms with Gasteiger partial charge in [-0.2, -0.15) is 5.06 Å². The van der Waals surface area contributed by atoms with Crippen molar-refractivity contribution >= 4 is 7.92 Å². The van der Waals surface area contributed by atoms with E-state index in [9.17, 15) is 5.21 Å². The Bertz CT molecular complexity index is 205. The van der Waals surface area contributed by atoms with E-state index in [4.69, 9.17) is 0 Å². The molecule has 2 nitrogen and oxygen atoms in total. The van der Waals surface area contributed by atoms with Crippen LogP contribution >= 0.6 is 7.92 Å². The third kappa shape index (κ3) is 4.69. The minimum atomic E-state index is -0.178. The average molecular weight is 247 g/mol. The molecule has 2 atom stereocenters. The maximum absolute atomic E-state index is 10.4. The van der Waals surface area contributed by atoms with Gasteiger partial charge in [0.2, 0.25) is 0 Å². The smallest absolute Gasteiger partial charge is 0.0597 e. The third-order valence-electron chi connectivity index (χ3n) is 2.69. The van der Waals surface area contributed by atoms with Crippen LogP contribution in [0.5, 0.6) is 0 Å². The molecule has 0 aromatic rings. The predicted octanol–water partition coefficient (Wildman–Crippen LogP) is 4.37. The number of hydrogen-bond acceptors (Lipinski definition) is 2. The summed E-state index contributed by atoms with van der Waals surface area (Å²) in [5, 5.41) is 12.0. The van der Waals surface area contributed by atoms with Crippen molar-refractivity contribution in [2.24, 2.45) is 5.41 Å². The van der Waals surface area contributed by atoms with Gasteiger partial charge in [-0.25, -0.2) is 0 Å². The molecule has 0 amide bonds. The SMILES string of the molecule is CCCP(C)C(N(O)C(C)(C)C)C(C)(C)C. The van der Waals surface area contributed by atoms with Crippen LogP contribution in [0, 0.1) is 5.41 Å². The normalized spacial score (nSPS) is 17.6. The summed E-state index contributed by atoms with van der Waals surface area (Å²) in [6.07, 6.45) is 2.43. The summed E-state index contributed by atoms with van der Waals surface area (Å²) in [5.41, 5.74) is -0.0556. The van der Waals surface area contributed by atoms with E-state index in [0.29, 0.717) is 0 Å². The molecule has 2 unspecified atom stereocenters. The molecule has 16 heavy (non-hydrogen) atoms. The van der Waals surface area contributed by atoms with Gasteiger partial charge in [0.15, 0.2) is 0 Å². The van der Waals surface area contributed by atoms with Crippen molar-refractivity contribution in [1.29, 1.82) is 0 Å². The number of nitrogens with zero attached hydrogens (tertiary/aromatic N) is 1. The minimum absolute atomic E-state index is 0.123. The van der Waals surface area contributed by atoms with Crippen LogP contribution in [0.3, 0.4) is 0 Å². The van der Waals surface area contributed by atoms with Gasteiger partial charge in [0.1, 0.15) is 0 Å². The number of hydrogen-bond donors (Lipinski definition) is 1. The minimum Gasteiger partial charge on any atom is -0.313 e. The molecular weight excluding hydrogens is 217 g/mol. The van der Waals surface area contributed by atoms with E-state index in [1.807, 2.05) is 0 Å².